The van der Waals surface area contributed by atoms with Crippen LogP contribution in [0.1, 0.15) is 12.6 Å². The van der Waals surface area contributed by atoms with Crippen LogP contribution in [0.4, 0.5) is 4.39 Å². The Balaban J connectivity index is 2.70. The molecule has 4 heteroatoms. The van der Waals surface area contributed by atoms with Crippen molar-refractivity contribution in [3.8, 4) is 0 Å². The van der Waals surface area contributed by atoms with E-state index in [1.54, 1.807) is 16.8 Å². The number of aliphatic hydroxyl groups is 1. The number of aryl methyl sites for hydroxylation is 1. The zero-order valence-electron chi connectivity index (χ0n) is 8.57. The molecule has 2 aromatic rings. The molecule has 0 spiro atoms. The zero-order chi connectivity index (χ0) is 10.8. The maximum Gasteiger partial charge on any atom is 0.134 e. The maximum absolute atomic E-state index is 13.6. The normalized spacial score (nSPS) is 11.1. The van der Waals surface area contributed by atoms with Crippen molar-refractivity contribution in [2.24, 2.45) is 0 Å². The molecule has 0 atom stereocenters. The van der Waals surface area contributed by atoms with Gasteiger partial charge in [0, 0.05) is 19.6 Å². The lowest BCUT2D eigenvalue weighted by Crippen LogP contribution is -2.04. The average Bonchev–Trinajstić information content (AvgIpc) is 2.58. The molecule has 15 heavy (non-hydrogen) atoms. The van der Waals surface area contributed by atoms with E-state index in [-0.39, 0.29) is 12.4 Å². The fourth-order valence-electron chi connectivity index (χ4n) is 1.82. The van der Waals surface area contributed by atoms with Crippen molar-refractivity contribution < 1.29 is 9.50 Å². The summed E-state index contributed by atoms with van der Waals surface area (Å²) in [7, 11) is 0. The summed E-state index contributed by atoms with van der Waals surface area (Å²) in [6, 6.07) is 4.85. The number of nitrogens with zero attached hydrogens (tertiary/aromatic N) is 2. The van der Waals surface area contributed by atoms with Gasteiger partial charge < -0.3 is 5.11 Å². The van der Waals surface area contributed by atoms with Crippen LogP contribution in [0.3, 0.4) is 0 Å². The number of halogens is 1. The molecule has 1 aromatic heterocycles. The molecule has 0 fully saturated rings. The van der Waals surface area contributed by atoms with Crippen molar-refractivity contribution in [3.05, 3.63) is 29.7 Å². The van der Waals surface area contributed by atoms with E-state index in [4.69, 9.17) is 5.11 Å². The van der Waals surface area contributed by atoms with Gasteiger partial charge in [0.1, 0.15) is 5.82 Å². The van der Waals surface area contributed by atoms with E-state index in [1.807, 2.05) is 6.92 Å². The highest BCUT2D eigenvalue weighted by molar-refractivity contribution is 5.82. The summed E-state index contributed by atoms with van der Waals surface area (Å²) in [6.07, 6.45) is 0.436. The van der Waals surface area contributed by atoms with Crippen molar-refractivity contribution in [2.45, 2.75) is 19.9 Å². The third kappa shape index (κ3) is 1.61. The van der Waals surface area contributed by atoms with Crippen LogP contribution in [0.2, 0.25) is 0 Å². The number of rotatable bonds is 3. The van der Waals surface area contributed by atoms with E-state index >= 15 is 0 Å². The smallest absolute Gasteiger partial charge is 0.134 e. The quantitative estimate of drug-likeness (QED) is 0.834. The average molecular weight is 208 g/mol. The minimum Gasteiger partial charge on any atom is -0.396 e. The molecule has 1 heterocycles. The van der Waals surface area contributed by atoms with Gasteiger partial charge in [-0.15, -0.1) is 0 Å². The number of hydrogen-bond acceptors (Lipinski definition) is 2. The maximum atomic E-state index is 13.6. The standard InChI is InChI=1S/C11H13FN2O/c1-2-14-10(6-7-15)11-8(12)4-3-5-9(11)13-14/h3-5,15H,2,6-7H2,1H3. The Labute approximate surface area is 87.1 Å². The topological polar surface area (TPSA) is 38.0 Å². The van der Waals surface area contributed by atoms with Gasteiger partial charge in [0.05, 0.1) is 16.6 Å². The number of benzene rings is 1. The Kier molecular flexibility index (Phi) is 2.68. The van der Waals surface area contributed by atoms with E-state index in [0.717, 1.165) is 5.69 Å². The van der Waals surface area contributed by atoms with Crippen LogP contribution >= 0.6 is 0 Å². The van der Waals surface area contributed by atoms with Gasteiger partial charge in [-0.25, -0.2) is 4.39 Å². The number of hydrogen-bond donors (Lipinski definition) is 1. The van der Waals surface area contributed by atoms with Crippen molar-refractivity contribution >= 4 is 10.9 Å². The second kappa shape index (κ2) is 3.98. The summed E-state index contributed by atoms with van der Waals surface area (Å²) in [5.41, 5.74) is 1.42. The highest BCUT2D eigenvalue weighted by Crippen LogP contribution is 2.21. The Hall–Kier alpha value is -1.42. The fourth-order valence-corrected chi connectivity index (χ4v) is 1.82. The Morgan fingerprint density at radius 3 is 2.93 bits per heavy atom. The minimum absolute atomic E-state index is 0.00906. The Morgan fingerprint density at radius 1 is 1.47 bits per heavy atom. The van der Waals surface area contributed by atoms with E-state index in [2.05, 4.69) is 5.10 Å². The summed E-state index contributed by atoms with van der Waals surface area (Å²) in [5.74, 6) is -0.268. The first-order valence-corrected chi connectivity index (χ1v) is 5.02. The van der Waals surface area contributed by atoms with E-state index in [9.17, 15) is 4.39 Å². The lowest BCUT2D eigenvalue weighted by Gasteiger charge is -2.02. The predicted molar refractivity (Wildman–Crippen MR) is 56.2 cm³/mol. The van der Waals surface area contributed by atoms with Gasteiger partial charge >= 0.3 is 0 Å². The highest BCUT2D eigenvalue weighted by atomic mass is 19.1. The van der Waals surface area contributed by atoms with E-state index in [1.165, 1.54) is 6.07 Å². The zero-order valence-corrected chi connectivity index (χ0v) is 8.57. The van der Waals surface area contributed by atoms with Crippen molar-refractivity contribution in [1.82, 2.24) is 9.78 Å². The van der Waals surface area contributed by atoms with Gasteiger partial charge in [-0.3, -0.25) is 4.68 Å². The molecule has 1 aromatic carbocycles. The number of aliphatic hydroxyl groups excluding tert-OH is 1. The third-order valence-corrected chi connectivity index (χ3v) is 2.47. The monoisotopic (exact) mass is 208 g/mol. The summed E-state index contributed by atoms with van der Waals surface area (Å²) in [4.78, 5) is 0. The van der Waals surface area contributed by atoms with Crippen LogP contribution in [0, 0.1) is 5.82 Å². The first kappa shape index (κ1) is 10.1. The first-order chi connectivity index (χ1) is 7.27. The molecule has 2 rings (SSSR count). The van der Waals surface area contributed by atoms with Crippen molar-refractivity contribution in [2.75, 3.05) is 6.61 Å². The number of aromatic nitrogens is 2. The summed E-state index contributed by atoms with van der Waals surface area (Å²) in [5, 5.41) is 13.8. The van der Waals surface area contributed by atoms with Gasteiger partial charge in [-0.1, -0.05) is 6.07 Å². The Bertz CT molecular complexity index is 479. The molecule has 0 radical (unpaired) electrons. The molecule has 0 saturated carbocycles. The first-order valence-electron chi connectivity index (χ1n) is 5.02. The third-order valence-electron chi connectivity index (χ3n) is 2.47. The predicted octanol–water partition coefficient (Wildman–Crippen LogP) is 1.73. The molecule has 0 bridgehead atoms. The molecule has 0 amide bonds. The second-order valence-electron chi connectivity index (χ2n) is 3.37. The van der Waals surface area contributed by atoms with Crippen molar-refractivity contribution in [3.63, 3.8) is 0 Å². The van der Waals surface area contributed by atoms with E-state index in [0.29, 0.717) is 23.9 Å². The molecule has 0 aliphatic rings. The lowest BCUT2D eigenvalue weighted by atomic mass is 10.1. The van der Waals surface area contributed by atoms with Crippen LogP contribution < -0.4 is 0 Å². The van der Waals surface area contributed by atoms with Crippen LogP contribution in [0.5, 0.6) is 0 Å². The molecule has 3 nitrogen and oxygen atoms in total. The van der Waals surface area contributed by atoms with Crippen LogP contribution in [-0.4, -0.2) is 21.5 Å². The summed E-state index contributed by atoms with van der Waals surface area (Å²) >= 11 is 0. The molecular formula is C11H13FN2O. The summed E-state index contributed by atoms with van der Waals surface area (Å²) < 4.78 is 15.3. The molecule has 0 unspecified atom stereocenters. The molecule has 0 aliphatic heterocycles. The highest BCUT2D eigenvalue weighted by Gasteiger charge is 2.12. The molecule has 1 N–H and O–H groups in total. The van der Waals surface area contributed by atoms with Gasteiger partial charge in [-0.05, 0) is 19.1 Å². The fraction of sp³-hybridized carbons (Fsp3) is 0.364. The molecule has 0 saturated heterocycles. The SMILES string of the molecule is CCn1nc2cccc(F)c2c1CCO. The minimum atomic E-state index is -0.268. The van der Waals surface area contributed by atoms with Crippen LogP contribution in [0.15, 0.2) is 18.2 Å². The van der Waals surface area contributed by atoms with Crippen molar-refractivity contribution in [1.29, 1.82) is 0 Å². The second-order valence-corrected chi connectivity index (χ2v) is 3.37. The molecule has 80 valence electrons. The van der Waals surface area contributed by atoms with Gasteiger partial charge in [-0.2, -0.15) is 5.10 Å². The molecule has 0 aliphatic carbocycles. The van der Waals surface area contributed by atoms with Crippen LogP contribution in [0.25, 0.3) is 10.9 Å². The summed E-state index contributed by atoms with van der Waals surface area (Å²) in [6.45, 7) is 2.64. The van der Waals surface area contributed by atoms with Gasteiger partial charge in [0.25, 0.3) is 0 Å². The van der Waals surface area contributed by atoms with Gasteiger partial charge in [0.2, 0.25) is 0 Å². The Morgan fingerprint density at radius 2 is 2.27 bits per heavy atom. The lowest BCUT2D eigenvalue weighted by molar-refractivity contribution is 0.296. The molecular weight excluding hydrogens is 195 g/mol. The van der Waals surface area contributed by atoms with E-state index < -0.39 is 0 Å². The van der Waals surface area contributed by atoms with Gasteiger partial charge in [0.15, 0.2) is 0 Å². The largest absolute Gasteiger partial charge is 0.396 e. The van der Waals surface area contributed by atoms with Crippen LogP contribution in [-0.2, 0) is 13.0 Å². The number of fused-ring (bicyclic) bond motifs is 1.